The summed E-state index contributed by atoms with van der Waals surface area (Å²) in [5.74, 6) is -0.241. The third-order valence-electron chi connectivity index (χ3n) is 2.65. The Bertz CT molecular complexity index is 739. The Hall–Kier alpha value is -3.10. The minimum atomic E-state index is -4.47. The number of nitrogens with two attached hydrogens (primary N) is 1. The van der Waals surface area contributed by atoms with Crippen molar-refractivity contribution in [2.45, 2.75) is 12.6 Å². The molecule has 0 aromatic carbocycles. The fraction of sp³-hybridized carbons (Fsp3) is 0.417. The van der Waals surface area contributed by atoms with E-state index in [4.69, 9.17) is 18.0 Å². The van der Waals surface area contributed by atoms with Crippen LogP contribution in [-0.4, -0.2) is 58.1 Å². The number of nitrogens with zero attached hydrogens (tertiary/aromatic N) is 5. The first-order chi connectivity index (χ1) is 12.6. The van der Waals surface area contributed by atoms with Crippen LogP contribution in [0.25, 0.3) is 0 Å². The molecule has 0 spiro atoms. The molecule has 15 heteroatoms. The summed E-state index contributed by atoms with van der Waals surface area (Å²) in [5.41, 5.74) is 5.37. The van der Waals surface area contributed by atoms with Crippen molar-refractivity contribution in [2.24, 2.45) is 15.8 Å². The Balaban J connectivity index is 2.64. The molecule has 1 aromatic heterocycles. The van der Waals surface area contributed by atoms with Gasteiger partial charge in [-0.1, -0.05) is 12.2 Å². The van der Waals surface area contributed by atoms with Crippen LogP contribution in [-0.2, 0) is 0 Å². The van der Waals surface area contributed by atoms with E-state index in [2.05, 4.69) is 36.0 Å². The number of hydrogen-bond donors (Lipinski definition) is 4. The Morgan fingerprint density at radius 2 is 2.19 bits per heavy atom. The van der Waals surface area contributed by atoms with Crippen molar-refractivity contribution >= 4 is 34.8 Å². The average Bonchev–Trinajstić information content (AvgIpc) is 2.58. The van der Waals surface area contributed by atoms with Gasteiger partial charge in [0, 0.05) is 26.2 Å². The number of hydrazone groups is 1. The van der Waals surface area contributed by atoms with Gasteiger partial charge in [-0.15, -0.1) is 0 Å². The lowest BCUT2D eigenvalue weighted by atomic mass is 10.3. The van der Waals surface area contributed by atoms with Crippen molar-refractivity contribution in [3.63, 3.8) is 0 Å². The molecule has 0 unspecified atom stereocenters. The first-order valence-corrected chi connectivity index (χ1v) is 7.66. The summed E-state index contributed by atoms with van der Waals surface area (Å²) >= 11 is 5.17. The Morgan fingerprint density at radius 3 is 2.78 bits per heavy atom. The van der Waals surface area contributed by atoms with Crippen LogP contribution in [0.15, 0.2) is 22.4 Å². The molecule has 148 valence electrons. The van der Waals surface area contributed by atoms with Crippen molar-refractivity contribution in [3.8, 4) is 0 Å². The largest absolute Gasteiger partial charge is 0.408 e. The molecule has 0 aliphatic carbocycles. The summed E-state index contributed by atoms with van der Waals surface area (Å²) in [6.07, 6.45) is -2.88. The van der Waals surface area contributed by atoms with Crippen molar-refractivity contribution in [3.05, 3.63) is 28.2 Å². The molecule has 0 aliphatic rings. The summed E-state index contributed by atoms with van der Waals surface area (Å²) in [6, 6.07) is 1.38. The highest BCUT2D eigenvalue weighted by Gasteiger charge is 2.26. The van der Waals surface area contributed by atoms with Crippen molar-refractivity contribution < 1.29 is 18.2 Å². The van der Waals surface area contributed by atoms with Gasteiger partial charge in [0.05, 0.1) is 4.86 Å². The summed E-state index contributed by atoms with van der Waals surface area (Å²) in [6.45, 7) is -1.21. The van der Waals surface area contributed by atoms with E-state index in [-0.39, 0.29) is 30.6 Å². The molecule has 27 heavy (non-hydrogen) atoms. The highest BCUT2D eigenvalue weighted by atomic mass is 32.1. The van der Waals surface area contributed by atoms with E-state index in [1.54, 1.807) is 0 Å². The number of aromatic nitrogens is 2. The lowest BCUT2D eigenvalue weighted by Crippen LogP contribution is -2.36. The van der Waals surface area contributed by atoms with Crippen LogP contribution in [0.5, 0.6) is 0 Å². The topological polar surface area (TPSA) is 156 Å². The van der Waals surface area contributed by atoms with E-state index >= 15 is 0 Å². The number of thiocarbonyl (C=S) groups is 1. The van der Waals surface area contributed by atoms with E-state index in [1.165, 1.54) is 19.3 Å². The molecule has 11 nitrogen and oxygen atoms in total. The SMILES string of the molecule is CNC(=N[N+](=O)[O-])NCCC(=S)c1nccc(NC(N)=NCC(F)(F)F)n1. The van der Waals surface area contributed by atoms with Gasteiger partial charge in [-0.3, -0.25) is 0 Å². The predicted octanol–water partition coefficient (Wildman–Crippen LogP) is 0.230. The zero-order valence-electron chi connectivity index (χ0n) is 13.9. The van der Waals surface area contributed by atoms with E-state index in [9.17, 15) is 23.3 Å². The molecule has 0 bridgehead atoms. The van der Waals surface area contributed by atoms with Crippen molar-refractivity contribution in [2.75, 3.05) is 25.5 Å². The van der Waals surface area contributed by atoms with E-state index in [1.807, 2.05) is 0 Å². The molecule has 1 aromatic rings. The van der Waals surface area contributed by atoms with Crippen LogP contribution < -0.4 is 21.7 Å². The summed E-state index contributed by atoms with van der Waals surface area (Å²) in [4.78, 5) is 21.8. The number of aliphatic imine (C=N–C) groups is 1. The van der Waals surface area contributed by atoms with Gasteiger partial charge in [0.25, 0.3) is 5.96 Å². The lowest BCUT2D eigenvalue weighted by Gasteiger charge is -2.09. The van der Waals surface area contributed by atoms with E-state index in [0.717, 1.165) is 0 Å². The minimum Gasteiger partial charge on any atom is -0.370 e. The number of rotatable bonds is 7. The zero-order chi connectivity index (χ0) is 20.4. The second-order valence-electron chi connectivity index (χ2n) is 4.74. The van der Waals surface area contributed by atoms with Crippen LogP contribution >= 0.6 is 12.2 Å². The van der Waals surface area contributed by atoms with Crippen LogP contribution in [0.3, 0.4) is 0 Å². The molecule has 0 atom stereocenters. The monoisotopic (exact) mass is 407 g/mol. The van der Waals surface area contributed by atoms with E-state index in [0.29, 0.717) is 4.86 Å². The van der Waals surface area contributed by atoms with E-state index < -0.39 is 23.7 Å². The molecule has 0 saturated heterocycles. The van der Waals surface area contributed by atoms with Gasteiger partial charge < -0.3 is 21.7 Å². The first kappa shape index (κ1) is 21.9. The number of alkyl halides is 3. The van der Waals surface area contributed by atoms with Crippen LogP contribution in [0.4, 0.5) is 19.0 Å². The van der Waals surface area contributed by atoms with Gasteiger partial charge in [0.15, 0.2) is 16.8 Å². The van der Waals surface area contributed by atoms with Gasteiger partial charge in [0.2, 0.25) is 0 Å². The summed E-state index contributed by atoms with van der Waals surface area (Å²) < 4.78 is 36.3. The maximum absolute atomic E-state index is 12.1. The number of hydrogen-bond acceptors (Lipinski definition) is 6. The number of anilines is 1. The van der Waals surface area contributed by atoms with Gasteiger partial charge in [-0.05, 0) is 6.07 Å². The minimum absolute atomic E-state index is 0.0483. The van der Waals surface area contributed by atoms with Gasteiger partial charge >= 0.3 is 6.18 Å². The molecule has 1 heterocycles. The summed E-state index contributed by atoms with van der Waals surface area (Å²) in [7, 11) is 1.46. The molecule has 0 aliphatic heterocycles. The lowest BCUT2D eigenvalue weighted by molar-refractivity contribution is -0.485. The average molecular weight is 407 g/mol. The first-order valence-electron chi connectivity index (χ1n) is 7.25. The summed E-state index contributed by atoms with van der Waals surface area (Å²) in [5, 5.41) is 20.1. The Morgan fingerprint density at radius 1 is 1.48 bits per heavy atom. The van der Waals surface area contributed by atoms with Gasteiger partial charge in [-0.2, -0.15) is 13.2 Å². The number of halogens is 3. The molecule has 1 rings (SSSR count). The van der Waals surface area contributed by atoms with Crippen LogP contribution in [0, 0.1) is 10.1 Å². The van der Waals surface area contributed by atoms with Crippen LogP contribution in [0.2, 0.25) is 0 Å². The quantitative estimate of drug-likeness (QED) is 0.124. The molecule has 5 N–H and O–H groups in total. The highest BCUT2D eigenvalue weighted by molar-refractivity contribution is 7.80. The fourth-order valence-electron chi connectivity index (χ4n) is 1.57. The standard InChI is InChI=1S/C12H16F3N9O2S/c1-17-11(23-24(25)26)19-4-2-7(27)9-18-5-3-8(21-9)22-10(16)20-6-12(13,14)15/h3,5H,2,4,6H2,1H3,(H2,17,19,23)(H3,16,18,20,21,22). The van der Waals surface area contributed by atoms with Gasteiger partial charge in [0.1, 0.15) is 17.5 Å². The third-order valence-corrected chi connectivity index (χ3v) is 3.04. The maximum atomic E-state index is 12.1. The highest BCUT2D eigenvalue weighted by Crippen LogP contribution is 2.14. The maximum Gasteiger partial charge on any atom is 0.408 e. The predicted molar refractivity (Wildman–Crippen MR) is 96.0 cm³/mol. The number of nitro groups is 1. The second-order valence-corrected chi connectivity index (χ2v) is 5.24. The normalized spacial score (nSPS) is 12.4. The molecule has 0 fully saturated rings. The molecular formula is C12H16F3N9O2S. The third kappa shape index (κ3) is 9.24. The number of guanidine groups is 2. The Kier molecular flexibility index (Phi) is 8.25. The second kappa shape index (κ2) is 10.1. The van der Waals surface area contributed by atoms with Crippen molar-refractivity contribution in [1.82, 2.24) is 20.6 Å². The number of nitrogens with one attached hydrogen (secondary N) is 3. The smallest absolute Gasteiger partial charge is 0.370 e. The van der Waals surface area contributed by atoms with Gasteiger partial charge in [-0.25, -0.2) is 25.1 Å². The Labute approximate surface area is 156 Å². The molecule has 0 radical (unpaired) electrons. The molecule has 0 saturated carbocycles. The molecule has 0 amide bonds. The fourth-order valence-corrected chi connectivity index (χ4v) is 1.77. The van der Waals surface area contributed by atoms with Crippen molar-refractivity contribution in [1.29, 1.82) is 0 Å². The molecular weight excluding hydrogens is 391 g/mol. The van der Waals surface area contributed by atoms with Crippen LogP contribution in [0.1, 0.15) is 12.2 Å². The zero-order valence-corrected chi connectivity index (χ0v) is 14.8.